The molecule has 0 amide bonds. The molecule has 94 valence electrons. The molecule has 5 heteroatoms. The first-order valence-electron chi connectivity index (χ1n) is 5.16. The zero-order valence-corrected chi connectivity index (χ0v) is 12.4. The minimum atomic E-state index is -1.44. The summed E-state index contributed by atoms with van der Waals surface area (Å²) >= 11 is 3.31. The fourth-order valence-electron chi connectivity index (χ4n) is 1.06. The Kier molecular flexibility index (Phi) is 5.01. The van der Waals surface area contributed by atoms with Crippen molar-refractivity contribution in [2.75, 3.05) is 6.67 Å². The Morgan fingerprint density at radius 2 is 2.12 bits per heavy atom. The summed E-state index contributed by atoms with van der Waals surface area (Å²) in [5.41, 5.74) is 0.874. The second kappa shape index (κ2) is 5.87. The fourth-order valence-corrected chi connectivity index (χ4v) is 2.09. The van der Waals surface area contributed by atoms with Crippen molar-refractivity contribution in [2.45, 2.75) is 25.5 Å². The summed E-state index contributed by atoms with van der Waals surface area (Å²) in [6.07, 6.45) is 0. The molecule has 0 bridgehead atoms. The van der Waals surface area contributed by atoms with Crippen LogP contribution in [0.5, 0.6) is 0 Å². The van der Waals surface area contributed by atoms with Crippen LogP contribution in [-0.4, -0.2) is 21.3 Å². The van der Waals surface area contributed by atoms with Crippen molar-refractivity contribution in [3.05, 3.63) is 34.3 Å². The van der Waals surface area contributed by atoms with E-state index in [0.29, 0.717) is 5.56 Å². The van der Waals surface area contributed by atoms with Crippen LogP contribution in [0, 0.1) is 0 Å². The van der Waals surface area contributed by atoms with Gasteiger partial charge in [0, 0.05) is 10.0 Å². The lowest BCUT2D eigenvalue weighted by Crippen LogP contribution is -2.21. The van der Waals surface area contributed by atoms with Gasteiger partial charge in [0.2, 0.25) is 0 Å². The predicted molar refractivity (Wildman–Crippen MR) is 74.5 cm³/mol. The first-order valence-corrected chi connectivity index (χ1v) is 7.06. The Hall–Kier alpha value is -0.550. The van der Waals surface area contributed by atoms with Gasteiger partial charge in [-0.15, -0.1) is 0 Å². The molecule has 1 rings (SSSR count). The molecule has 0 aromatic heterocycles. The molecule has 1 aromatic rings. The normalized spacial score (nSPS) is 14.8. The number of halogens is 2. The summed E-state index contributed by atoms with van der Waals surface area (Å²) in [5.74, 6) is 0. The second-order valence-corrected chi connectivity index (χ2v) is 7.36. The van der Waals surface area contributed by atoms with Crippen LogP contribution >= 0.6 is 15.9 Å². The zero-order valence-electron chi connectivity index (χ0n) is 10.0. The van der Waals surface area contributed by atoms with Crippen LogP contribution in [0.4, 0.5) is 4.39 Å². The van der Waals surface area contributed by atoms with Gasteiger partial charge in [-0.3, -0.25) is 0 Å². The van der Waals surface area contributed by atoms with E-state index in [1.54, 1.807) is 18.2 Å². The second-order valence-electron chi connectivity index (χ2n) is 4.54. The molecule has 0 saturated heterocycles. The fraction of sp³-hybridized carbons (Fsp3) is 0.417. The van der Waals surface area contributed by atoms with Crippen LogP contribution < -0.4 is 0 Å². The van der Waals surface area contributed by atoms with E-state index >= 15 is 0 Å². The Labute approximate surface area is 112 Å². The summed E-state index contributed by atoms with van der Waals surface area (Å²) in [6.45, 7) is 4.70. The zero-order chi connectivity index (χ0) is 13.1. The van der Waals surface area contributed by atoms with E-state index in [-0.39, 0.29) is 5.71 Å². The molecule has 0 N–H and O–H groups in total. The van der Waals surface area contributed by atoms with Gasteiger partial charge in [-0.2, -0.15) is 4.40 Å². The lowest BCUT2D eigenvalue weighted by molar-refractivity contribution is 0.581. The van der Waals surface area contributed by atoms with Crippen molar-refractivity contribution in [2.24, 2.45) is 4.40 Å². The summed E-state index contributed by atoms with van der Waals surface area (Å²) < 4.78 is 29.1. The van der Waals surface area contributed by atoms with Crippen molar-refractivity contribution in [1.29, 1.82) is 0 Å². The van der Waals surface area contributed by atoms with Gasteiger partial charge in [-0.05, 0) is 32.9 Å². The maximum Gasteiger partial charge on any atom is 0.145 e. The van der Waals surface area contributed by atoms with E-state index in [0.717, 1.165) is 4.47 Å². The third kappa shape index (κ3) is 4.32. The van der Waals surface area contributed by atoms with Crippen molar-refractivity contribution in [3.63, 3.8) is 0 Å². The van der Waals surface area contributed by atoms with E-state index in [1.807, 2.05) is 26.8 Å². The van der Waals surface area contributed by atoms with Crippen molar-refractivity contribution in [3.8, 4) is 0 Å². The van der Waals surface area contributed by atoms with E-state index in [2.05, 4.69) is 20.3 Å². The van der Waals surface area contributed by atoms with Gasteiger partial charge in [0.1, 0.15) is 17.7 Å². The summed E-state index contributed by atoms with van der Waals surface area (Å²) in [5, 5.41) is 0. The Morgan fingerprint density at radius 3 is 2.59 bits per heavy atom. The van der Waals surface area contributed by atoms with Gasteiger partial charge in [0.15, 0.2) is 0 Å². The number of hydrogen-bond donors (Lipinski definition) is 0. The molecule has 1 atom stereocenters. The van der Waals surface area contributed by atoms with Gasteiger partial charge in [0.05, 0.1) is 10.5 Å². The summed E-state index contributed by atoms with van der Waals surface area (Å²) in [7, 11) is -1.44. The third-order valence-electron chi connectivity index (χ3n) is 2.00. The number of nitrogens with zero attached hydrogens (tertiary/aromatic N) is 1. The van der Waals surface area contributed by atoms with E-state index in [9.17, 15) is 8.60 Å². The molecule has 0 fully saturated rings. The predicted octanol–water partition coefficient (Wildman–Crippen LogP) is 3.67. The molecule has 0 aliphatic heterocycles. The Balaban J connectivity index is 3.08. The SMILES string of the molecule is CC(C)(C)[S@@](=O)/N=C(/CF)c1cccc(Br)c1. The largest absolute Gasteiger partial charge is 0.244 e. The highest BCUT2D eigenvalue weighted by Gasteiger charge is 2.20. The molecule has 2 nitrogen and oxygen atoms in total. The first-order chi connectivity index (χ1) is 7.84. The number of rotatable bonds is 3. The molecular weight excluding hydrogens is 305 g/mol. The average Bonchev–Trinajstić information content (AvgIpc) is 2.24. The van der Waals surface area contributed by atoms with Crippen LogP contribution in [0.15, 0.2) is 33.1 Å². The van der Waals surface area contributed by atoms with Gasteiger partial charge in [-0.25, -0.2) is 8.60 Å². The maximum atomic E-state index is 12.9. The smallest absolute Gasteiger partial charge is 0.145 e. The van der Waals surface area contributed by atoms with Crippen LogP contribution in [0.3, 0.4) is 0 Å². The van der Waals surface area contributed by atoms with Crippen molar-refractivity contribution >= 4 is 32.6 Å². The molecule has 0 aliphatic rings. The van der Waals surface area contributed by atoms with E-state index in [1.165, 1.54) is 0 Å². The topological polar surface area (TPSA) is 29.4 Å². The summed E-state index contributed by atoms with van der Waals surface area (Å²) in [6, 6.07) is 7.16. The van der Waals surface area contributed by atoms with E-state index < -0.39 is 22.4 Å². The number of alkyl halides is 1. The molecule has 0 heterocycles. The maximum absolute atomic E-state index is 12.9. The Bertz CT molecular complexity index is 454. The molecule has 0 unspecified atom stereocenters. The van der Waals surface area contributed by atoms with Crippen molar-refractivity contribution in [1.82, 2.24) is 0 Å². The van der Waals surface area contributed by atoms with E-state index in [4.69, 9.17) is 0 Å². The molecule has 0 spiro atoms. The van der Waals surface area contributed by atoms with Gasteiger partial charge >= 0.3 is 0 Å². The number of hydrogen-bond acceptors (Lipinski definition) is 1. The Morgan fingerprint density at radius 1 is 1.47 bits per heavy atom. The minimum absolute atomic E-state index is 0.222. The van der Waals surface area contributed by atoms with Crippen LogP contribution in [0.25, 0.3) is 0 Å². The molecule has 17 heavy (non-hydrogen) atoms. The summed E-state index contributed by atoms with van der Waals surface area (Å²) in [4.78, 5) is 0. The first kappa shape index (κ1) is 14.5. The lowest BCUT2D eigenvalue weighted by atomic mass is 10.1. The molecule has 0 aliphatic carbocycles. The minimum Gasteiger partial charge on any atom is -0.244 e. The monoisotopic (exact) mass is 319 g/mol. The van der Waals surface area contributed by atoms with Gasteiger partial charge < -0.3 is 0 Å². The van der Waals surface area contributed by atoms with Crippen LogP contribution in [0.2, 0.25) is 0 Å². The highest BCUT2D eigenvalue weighted by atomic mass is 79.9. The van der Waals surface area contributed by atoms with Gasteiger partial charge in [0.25, 0.3) is 0 Å². The lowest BCUT2D eigenvalue weighted by Gasteiger charge is -2.14. The quantitative estimate of drug-likeness (QED) is 0.781. The van der Waals surface area contributed by atoms with Crippen LogP contribution in [0.1, 0.15) is 26.3 Å². The molecule has 1 aromatic carbocycles. The van der Waals surface area contributed by atoms with Crippen molar-refractivity contribution < 1.29 is 8.60 Å². The molecular formula is C12H15BrFNOS. The van der Waals surface area contributed by atoms with Crippen LogP contribution in [-0.2, 0) is 11.0 Å². The molecule has 0 saturated carbocycles. The standard InChI is InChI=1S/C12H15BrFNOS/c1-12(2,3)17(16)15-11(8-14)9-5-4-6-10(13)7-9/h4-7H,8H2,1-3H3/b15-11-/t17-/m1/s1. The highest BCUT2D eigenvalue weighted by molar-refractivity contribution is 9.10. The highest BCUT2D eigenvalue weighted by Crippen LogP contribution is 2.16. The number of benzene rings is 1. The average molecular weight is 320 g/mol. The third-order valence-corrected chi connectivity index (χ3v) is 3.93. The van der Waals surface area contributed by atoms with Gasteiger partial charge in [-0.1, -0.05) is 28.1 Å². The molecule has 0 radical (unpaired) electrons.